The van der Waals surface area contributed by atoms with Crippen molar-refractivity contribution in [2.45, 2.75) is 4.90 Å². The molecular weight excluding hydrogens is 226 g/mol. The van der Waals surface area contributed by atoms with Gasteiger partial charge in [-0.1, -0.05) is 11.6 Å². The lowest BCUT2D eigenvalue weighted by molar-refractivity contribution is -0.384. The summed E-state index contributed by atoms with van der Waals surface area (Å²) < 4.78 is 11.3. The molecule has 1 rings (SSSR count). The summed E-state index contributed by atoms with van der Waals surface area (Å²) in [4.78, 5) is 10.3. The molecule has 0 radical (unpaired) electrons. The summed E-state index contributed by atoms with van der Waals surface area (Å²) in [6, 6.07) is 5.47. The fraction of sp³-hybridized carbons (Fsp3) is 0. The minimum Gasteiger partial charge on any atom is -0.258 e. The number of hydrogen-bond donors (Lipinski definition) is 0. The molecule has 1 aromatic carbocycles. The fourth-order valence-electron chi connectivity index (χ4n) is 0.827. The number of hydrogen-bond acceptors (Lipinski definition) is 3. The summed E-state index contributed by atoms with van der Waals surface area (Å²) >= 11 is 5.25. The molecule has 0 amide bonds. The van der Waals surface area contributed by atoms with Crippen LogP contribution in [0.4, 0.5) is 5.69 Å². The maximum atomic E-state index is 11.3. The molecule has 0 aliphatic carbocycles. The lowest BCUT2D eigenvalue weighted by Crippen LogP contribution is -1.89. The number of nitrogens with zero attached hydrogens (tertiary/aromatic N) is 1. The van der Waals surface area contributed by atoms with Crippen LogP contribution in [0.2, 0.25) is 0 Å². The maximum Gasteiger partial charge on any atom is 0.269 e. The van der Waals surface area contributed by atoms with Crippen molar-refractivity contribution in [1.82, 2.24) is 0 Å². The standard InChI is InChI=1S/C8H6ClNO3S/c9-5-6-14(13)8-3-1-7(2-4-8)10(11)12/h1-6H/b6-5+. The smallest absolute Gasteiger partial charge is 0.258 e. The van der Waals surface area contributed by atoms with Gasteiger partial charge < -0.3 is 0 Å². The highest BCUT2D eigenvalue weighted by molar-refractivity contribution is 7.88. The highest BCUT2D eigenvalue weighted by Gasteiger charge is 2.05. The van der Waals surface area contributed by atoms with Gasteiger partial charge >= 0.3 is 0 Å². The van der Waals surface area contributed by atoms with Crippen molar-refractivity contribution in [3.05, 3.63) is 45.3 Å². The van der Waals surface area contributed by atoms with Crippen LogP contribution in [-0.4, -0.2) is 9.13 Å². The van der Waals surface area contributed by atoms with Crippen LogP contribution in [0.25, 0.3) is 0 Å². The van der Waals surface area contributed by atoms with E-state index in [1.807, 2.05) is 0 Å². The number of nitro groups is 1. The monoisotopic (exact) mass is 231 g/mol. The van der Waals surface area contributed by atoms with Crippen molar-refractivity contribution in [3.8, 4) is 0 Å². The van der Waals surface area contributed by atoms with Gasteiger partial charge in [0.1, 0.15) is 0 Å². The van der Waals surface area contributed by atoms with Gasteiger partial charge in [-0.3, -0.25) is 10.1 Å². The van der Waals surface area contributed by atoms with Crippen LogP contribution in [-0.2, 0) is 10.8 Å². The van der Waals surface area contributed by atoms with Gasteiger partial charge in [0, 0.05) is 28.0 Å². The van der Waals surface area contributed by atoms with E-state index in [4.69, 9.17) is 11.6 Å². The zero-order chi connectivity index (χ0) is 10.6. The van der Waals surface area contributed by atoms with Crippen LogP contribution in [0, 0.1) is 10.1 Å². The van der Waals surface area contributed by atoms with E-state index in [9.17, 15) is 14.3 Å². The summed E-state index contributed by atoms with van der Waals surface area (Å²) in [5.41, 5.74) is 1.12. The first-order chi connectivity index (χ1) is 6.65. The average Bonchev–Trinajstić information content (AvgIpc) is 2.18. The van der Waals surface area contributed by atoms with Gasteiger partial charge in [-0.05, 0) is 12.1 Å². The first kappa shape index (κ1) is 10.9. The Bertz CT molecular complexity index is 388. The summed E-state index contributed by atoms with van der Waals surface area (Å²) in [6.45, 7) is 0. The van der Waals surface area contributed by atoms with Crippen LogP contribution < -0.4 is 0 Å². The molecular formula is C8H6ClNO3S. The Labute approximate surface area is 87.8 Å². The Morgan fingerprint density at radius 2 is 1.93 bits per heavy atom. The molecule has 0 bridgehead atoms. The third-order valence-electron chi connectivity index (χ3n) is 1.45. The first-order valence-electron chi connectivity index (χ1n) is 3.57. The van der Waals surface area contributed by atoms with Gasteiger partial charge in [-0.15, -0.1) is 0 Å². The second kappa shape index (κ2) is 4.88. The van der Waals surface area contributed by atoms with E-state index in [1.165, 1.54) is 29.7 Å². The van der Waals surface area contributed by atoms with Crippen LogP contribution in [0.1, 0.15) is 0 Å². The Hall–Kier alpha value is -1.20. The fourth-order valence-corrected chi connectivity index (χ4v) is 1.76. The lowest BCUT2D eigenvalue weighted by atomic mass is 10.3. The molecule has 14 heavy (non-hydrogen) atoms. The quantitative estimate of drug-likeness (QED) is 0.593. The molecule has 0 aliphatic rings. The molecule has 1 unspecified atom stereocenters. The highest BCUT2D eigenvalue weighted by atomic mass is 35.5. The van der Waals surface area contributed by atoms with Crippen LogP contribution in [0.3, 0.4) is 0 Å². The third kappa shape index (κ3) is 2.65. The first-order valence-corrected chi connectivity index (χ1v) is 5.22. The molecule has 0 aliphatic heterocycles. The van der Waals surface area contributed by atoms with Gasteiger partial charge in [0.2, 0.25) is 0 Å². The van der Waals surface area contributed by atoms with Crippen molar-refractivity contribution >= 4 is 28.1 Å². The van der Waals surface area contributed by atoms with Crippen molar-refractivity contribution in [2.75, 3.05) is 0 Å². The van der Waals surface area contributed by atoms with E-state index in [0.717, 1.165) is 5.54 Å². The van der Waals surface area contributed by atoms with Gasteiger partial charge in [0.15, 0.2) is 0 Å². The number of benzene rings is 1. The minimum atomic E-state index is -1.34. The molecule has 0 N–H and O–H groups in total. The topological polar surface area (TPSA) is 60.2 Å². The van der Waals surface area contributed by atoms with Crippen LogP contribution in [0.5, 0.6) is 0 Å². The Morgan fingerprint density at radius 1 is 1.36 bits per heavy atom. The minimum absolute atomic E-state index is 0.0272. The number of rotatable bonds is 3. The number of halogens is 1. The summed E-state index contributed by atoms with van der Waals surface area (Å²) in [6.07, 6.45) is 0. The molecule has 0 heterocycles. The van der Waals surface area contributed by atoms with Gasteiger partial charge in [-0.25, -0.2) is 4.21 Å². The average molecular weight is 232 g/mol. The molecule has 0 fully saturated rings. The molecule has 0 saturated carbocycles. The molecule has 0 spiro atoms. The van der Waals surface area contributed by atoms with Crippen molar-refractivity contribution in [1.29, 1.82) is 0 Å². The molecule has 0 aromatic heterocycles. The van der Waals surface area contributed by atoms with E-state index in [2.05, 4.69) is 0 Å². The van der Waals surface area contributed by atoms with Crippen LogP contribution >= 0.6 is 11.6 Å². The van der Waals surface area contributed by atoms with E-state index < -0.39 is 15.7 Å². The lowest BCUT2D eigenvalue weighted by Gasteiger charge is -1.95. The summed E-state index contributed by atoms with van der Waals surface area (Å²) in [7, 11) is -1.34. The molecule has 6 heteroatoms. The molecule has 1 aromatic rings. The SMILES string of the molecule is O=[N+]([O-])c1ccc(S(=O)/C=C/Cl)cc1. The summed E-state index contributed by atoms with van der Waals surface area (Å²) in [5.74, 6) is 0. The Morgan fingerprint density at radius 3 is 2.36 bits per heavy atom. The Balaban J connectivity index is 2.94. The second-order valence-electron chi connectivity index (χ2n) is 2.31. The van der Waals surface area contributed by atoms with Crippen molar-refractivity contribution in [3.63, 3.8) is 0 Å². The van der Waals surface area contributed by atoms with Crippen LogP contribution in [0.15, 0.2) is 40.1 Å². The van der Waals surface area contributed by atoms with E-state index in [0.29, 0.717) is 4.90 Å². The zero-order valence-corrected chi connectivity index (χ0v) is 8.49. The highest BCUT2D eigenvalue weighted by Crippen LogP contribution is 2.15. The zero-order valence-electron chi connectivity index (χ0n) is 6.92. The largest absolute Gasteiger partial charge is 0.269 e. The van der Waals surface area contributed by atoms with E-state index in [-0.39, 0.29) is 5.69 Å². The molecule has 0 saturated heterocycles. The van der Waals surface area contributed by atoms with Crippen molar-refractivity contribution < 1.29 is 9.13 Å². The molecule has 1 atom stereocenters. The van der Waals surface area contributed by atoms with E-state index >= 15 is 0 Å². The molecule has 4 nitrogen and oxygen atoms in total. The predicted molar refractivity (Wildman–Crippen MR) is 54.5 cm³/mol. The van der Waals surface area contributed by atoms with Gasteiger partial charge in [-0.2, -0.15) is 0 Å². The molecule has 74 valence electrons. The Kier molecular flexibility index (Phi) is 3.79. The number of nitro benzene ring substituents is 1. The normalized spacial score (nSPS) is 12.9. The summed E-state index contributed by atoms with van der Waals surface area (Å²) in [5, 5.41) is 11.6. The number of non-ortho nitro benzene ring substituents is 1. The van der Waals surface area contributed by atoms with Gasteiger partial charge in [0.05, 0.1) is 15.7 Å². The predicted octanol–water partition coefficient (Wildman–Crippen LogP) is 2.41. The maximum absolute atomic E-state index is 11.3. The third-order valence-corrected chi connectivity index (χ3v) is 2.85. The second-order valence-corrected chi connectivity index (χ2v) is 3.90. The van der Waals surface area contributed by atoms with Crippen molar-refractivity contribution in [2.24, 2.45) is 0 Å². The van der Waals surface area contributed by atoms with E-state index in [1.54, 1.807) is 0 Å². The van der Waals surface area contributed by atoms with Gasteiger partial charge in [0.25, 0.3) is 5.69 Å².